The van der Waals surface area contributed by atoms with Gasteiger partial charge in [0.2, 0.25) is 0 Å². The smallest absolute Gasteiger partial charge is 0.0531 e. The molecule has 1 aliphatic rings. The largest absolute Gasteiger partial charge is 0.380 e. The van der Waals surface area contributed by atoms with Crippen molar-refractivity contribution in [3.8, 4) is 0 Å². The van der Waals surface area contributed by atoms with Crippen LogP contribution in [0.1, 0.15) is 13.8 Å². The molecule has 0 aliphatic carbocycles. The first-order valence-electron chi connectivity index (χ1n) is 3.51. The van der Waals surface area contributed by atoms with Gasteiger partial charge in [0, 0.05) is 0 Å². The van der Waals surface area contributed by atoms with E-state index < -0.39 is 0 Å². The lowest BCUT2D eigenvalue weighted by Crippen LogP contribution is -2.26. The molecule has 1 nitrogen and oxygen atoms in total. The van der Waals surface area contributed by atoms with Gasteiger partial charge in [0.05, 0.1) is 13.2 Å². The van der Waals surface area contributed by atoms with Crippen molar-refractivity contribution in [2.75, 3.05) is 19.9 Å². The molecule has 1 rings (SSSR count). The Morgan fingerprint density at radius 1 is 1.22 bits per heavy atom. The molecule has 0 unspecified atom stereocenters. The third-order valence-electron chi connectivity index (χ3n) is 2.11. The molecule has 0 aromatic heterocycles. The molecule has 2 atom stereocenters. The number of hydrogen-bond acceptors (Lipinski definition) is 1. The summed E-state index contributed by atoms with van der Waals surface area (Å²) in [6.07, 6.45) is 0. The van der Waals surface area contributed by atoms with Crippen LogP contribution < -0.4 is 0 Å². The van der Waals surface area contributed by atoms with Gasteiger partial charge < -0.3 is 4.74 Å². The second-order valence-corrected chi connectivity index (χ2v) is 5.99. The highest BCUT2D eigenvalue weighted by atomic mass is 31.1. The highest BCUT2D eigenvalue weighted by Gasteiger charge is 2.22. The second kappa shape index (κ2) is 2.98. The van der Waals surface area contributed by atoms with Crippen LogP contribution in [0.4, 0.5) is 0 Å². The van der Waals surface area contributed by atoms with Crippen LogP contribution >= 0.6 is 7.92 Å². The molecule has 1 saturated heterocycles. The van der Waals surface area contributed by atoms with E-state index >= 15 is 0 Å². The number of ether oxygens (including phenoxy) is 1. The van der Waals surface area contributed by atoms with Gasteiger partial charge in [0.15, 0.2) is 0 Å². The quantitative estimate of drug-likeness (QED) is 0.474. The zero-order chi connectivity index (χ0) is 6.85. The van der Waals surface area contributed by atoms with Crippen LogP contribution in [0.2, 0.25) is 0 Å². The van der Waals surface area contributed by atoms with E-state index in [0.717, 1.165) is 24.5 Å². The van der Waals surface area contributed by atoms with Crippen molar-refractivity contribution in [1.29, 1.82) is 0 Å². The summed E-state index contributed by atoms with van der Waals surface area (Å²) >= 11 is 0. The van der Waals surface area contributed by atoms with Gasteiger partial charge in [-0.05, 0) is 18.0 Å². The van der Waals surface area contributed by atoms with Gasteiger partial charge in [-0.15, -0.1) is 0 Å². The summed E-state index contributed by atoms with van der Waals surface area (Å²) in [7, 11) is 0.261. The lowest BCUT2D eigenvalue weighted by molar-refractivity contribution is 0.129. The fourth-order valence-corrected chi connectivity index (χ4v) is 2.63. The van der Waals surface area contributed by atoms with E-state index in [0.29, 0.717) is 0 Å². The first kappa shape index (κ1) is 7.50. The molecule has 9 heavy (non-hydrogen) atoms. The van der Waals surface area contributed by atoms with Crippen LogP contribution in [0.15, 0.2) is 0 Å². The van der Waals surface area contributed by atoms with Crippen LogP contribution in [0.5, 0.6) is 0 Å². The Morgan fingerprint density at radius 2 is 1.67 bits per heavy atom. The van der Waals surface area contributed by atoms with Crippen LogP contribution in [-0.4, -0.2) is 31.2 Å². The summed E-state index contributed by atoms with van der Waals surface area (Å²) in [5.74, 6) is 0. The SMILES string of the molecule is C[C@@H]1COC[C@@H](C)P1C. The summed E-state index contributed by atoms with van der Waals surface area (Å²) in [6, 6.07) is 0. The Labute approximate surface area is 58.5 Å². The third kappa shape index (κ3) is 1.65. The molecule has 0 saturated carbocycles. The van der Waals surface area contributed by atoms with Crippen molar-refractivity contribution in [1.82, 2.24) is 0 Å². The Bertz CT molecular complexity index is 84.9. The molecule has 0 radical (unpaired) electrons. The van der Waals surface area contributed by atoms with Crippen molar-refractivity contribution >= 4 is 7.92 Å². The predicted octanol–water partition coefficient (Wildman–Crippen LogP) is 1.91. The third-order valence-corrected chi connectivity index (χ3v) is 5.19. The molecule has 0 N–H and O–H groups in total. The zero-order valence-corrected chi connectivity index (χ0v) is 7.32. The summed E-state index contributed by atoms with van der Waals surface area (Å²) < 4.78 is 5.38. The second-order valence-electron chi connectivity index (χ2n) is 2.90. The van der Waals surface area contributed by atoms with Crippen molar-refractivity contribution in [3.63, 3.8) is 0 Å². The molecule has 1 aliphatic heterocycles. The lowest BCUT2D eigenvalue weighted by atomic mass is 10.4. The summed E-state index contributed by atoms with van der Waals surface area (Å²) in [5, 5.41) is 0. The van der Waals surface area contributed by atoms with Crippen LogP contribution in [0.25, 0.3) is 0 Å². The molecule has 0 spiro atoms. The van der Waals surface area contributed by atoms with E-state index in [1.165, 1.54) is 0 Å². The molecule has 0 aromatic rings. The Hall–Kier alpha value is 0.390. The van der Waals surface area contributed by atoms with E-state index in [9.17, 15) is 0 Å². The fraction of sp³-hybridized carbons (Fsp3) is 1.00. The van der Waals surface area contributed by atoms with Gasteiger partial charge in [-0.2, -0.15) is 0 Å². The molecule has 0 aromatic carbocycles. The molecule has 54 valence electrons. The van der Waals surface area contributed by atoms with E-state index in [4.69, 9.17) is 4.74 Å². The highest BCUT2D eigenvalue weighted by Crippen LogP contribution is 2.44. The van der Waals surface area contributed by atoms with Crippen LogP contribution in [0.3, 0.4) is 0 Å². The normalized spacial score (nSPS) is 39.0. The Morgan fingerprint density at radius 3 is 2.00 bits per heavy atom. The van der Waals surface area contributed by atoms with E-state index in [2.05, 4.69) is 20.5 Å². The standard InChI is InChI=1S/C7H15OP/c1-6-4-8-5-7(2)9(6)3/h6-7H,4-5H2,1-3H3/t6-,7-/m1/s1. The van der Waals surface area contributed by atoms with Gasteiger partial charge in [0.1, 0.15) is 0 Å². The maximum absolute atomic E-state index is 5.38. The van der Waals surface area contributed by atoms with Gasteiger partial charge >= 0.3 is 0 Å². The molecule has 2 heteroatoms. The zero-order valence-electron chi connectivity index (χ0n) is 6.42. The van der Waals surface area contributed by atoms with Crippen molar-refractivity contribution in [2.45, 2.75) is 25.2 Å². The average molecular weight is 146 g/mol. The van der Waals surface area contributed by atoms with Gasteiger partial charge in [0.25, 0.3) is 0 Å². The maximum Gasteiger partial charge on any atom is 0.0531 e. The minimum atomic E-state index is 0.261. The highest BCUT2D eigenvalue weighted by molar-refractivity contribution is 7.58. The monoisotopic (exact) mass is 146 g/mol. The van der Waals surface area contributed by atoms with Crippen LogP contribution in [0, 0.1) is 0 Å². The predicted molar refractivity (Wildman–Crippen MR) is 42.6 cm³/mol. The summed E-state index contributed by atoms with van der Waals surface area (Å²) in [5.41, 5.74) is 1.65. The van der Waals surface area contributed by atoms with Crippen molar-refractivity contribution in [2.24, 2.45) is 0 Å². The van der Waals surface area contributed by atoms with Crippen LogP contribution in [-0.2, 0) is 4.74 Å². The minimum Gasteiger partial charge on any atom is -0.380 e. The summed E-state index contributed by atoms with van der Waals surface area (Å²) in [6.45, 7) is 8.95. The molecule has 1 heterocycles. The summed E-state index contributed by atoms with van der Waals surface area (Å²) in [4.78, 5) is 0. The molecule has 1 fully saturated rings. The average Bonchev–Trinajstić information content (AvgIpc) is 1.83. The van der Waals surface area contributed by atoms with E-state index in [-0.39, 0.29) is 7.92 Å². The lowest BCUT2D eigenvalue weighted by Gasteiger charge is -2.32. The van der Waals surface area contributed by atoms with E-state index in [1.54, 1.807) is 0 Å². The number of rotatable bonds is 0. The van der Waals surface area contributed by atoms with Crippen molar-refractivity contribution < 1.29 is 4.74 Å². The minimum absolute atomic E-state index is 0.261. The van der Waals surface area contributed by atoms with Gasteiger partial charge in [-0.1, -0.05) is 21.8 Å². The van der Waals surface area contributed by atoms with Gasteiger partial charge in [-0.3, -0.25) is 0 Å². The Kier molecular flexibility index (Phi) is 2.49. The molecular weight excluding hydrogens is 131 g/mol. The van der Waals surface area contributed by atoms with Crippen molar-refractivity contribution in [3.05, 3.63) is 0 Å². The van der Waals surface area contributed by atoms with E-state index in [1.807, 2.05) is 0 Å². The fourth-order valence-electron chi connectivity index (χ4n) is 1.08. The topological polar surface area (TPSA) is 9.23 Å². The maximum atomic E-state index is 5.38. The molecule has 0 amide bonds. The first-order valence-corrected chi connectivity index (χ1v) is 5.44. The molecule has 0 bridgehead atoms. The van der Waals surface area contributed by atoms with Gasteiger partial charge in [-0.25, -0.2) is 0 Å². The molecular formula is C7H15OP. The number of hydrogen-bond donors (Lipinski definition) is 0. The Balaban J connectivity index is 2.41. The first-order chi connectivity index (χ1) is 4.22.